The van der Waals surface area contributed by atoms with E-state index in [1.54, 1.807) is 42.8 Å². The Labute approximate surface area is 122 Å². The van der Waals surface area contributed by atoms with Gasteiger partial charge in [-0.1, -0.05) is 12.1 Å². The van der Waals surface area contributed by atoms with E-state index in [0.29, 0.717) is 15.7 Å². The van der Waals surface area contributed by atoms with Gasteiger partial charge in [-0.05, 0) is 17.5 Å². The minimum atomic E-state index is -3.47. The van der Waals surface area contributed by atoms with E-state index in [2.05, 4.69) is 4.72 Å². The van der Waals surface area contributed by atoms with Crippen LogP contribution in [0.25, 0.3) is 0 Å². The van der Waals surface area contributed by atoms with E-state index in [-0.39, 0.29) is 6.54 Å². The average Bonchev–Trinajstić information content (AvgIpc) is 3.00. The van der Waals surface area contributed by atoms with Gasteiger partial charge >= 0.3 is 0 Å². The lowest BCUT2D eigenvalue weighted by Crippen LogP contribution is -2.22. The Kier molecular flexibility index (Phi) is 4.64. The van der Waals surface area contributed by atoms with Crippen molar-refractivity contribution in [3.63, 3.8) is 0 Å². The predicted octanol–water partition coefficient (Wildman–Crippen LogP) is 2.24. The van der Waals surface area contributed by atoms with Crippen molar-refractivity contribution in [2.75, 3.05) is 14.2 Å². The van der Waals surface area contributed by atoms with Gasteiger partial charge in [0.2, 0.25) is 10.0 Å². The summed E-state index contributed by atoms with van der Waals surface area (Å²) in [7, 11) is -0.377. The highest BCUT2D eigenvalue weighted by Gasteiger charge is 2.15. The van der Waals surface area contributed by atoms with Gasteiger partial charge in [0.05, 0.1) is 14.2 Å². The van der Waals surface area contributed by atoms with Crippen LogP contribution in [-0.2, 0) is 16.6 Å². The first kappa shape index (κ1) is 14.8. The Morgan fingerprint density at radius 3 is 2.60 bits per heavy atom. The van der Waals surface area contributed by atoms with Crippen molar-refractivity contribution in [3.8, 4) is 11.5 Å². The maximum atomic E-state index is 12.0. The molecular formula is C13H15NO4S2. The van der Waals surface area contributed by atoms with E-state index in [9.17, 15) is 8.42 Å². The van der Waals surface area contributed by atoms with Gasteiger partial charge in [0, 0.05) is 18.2 Å². The zero-order valence-electron chi connectivity index (χ0n) is 11.1. The van der Waals surface area contributed by atoms with Crippen LogP contribution in [0.1, 0.15) is 5.56 Å². The fourth-order valence-corrected chi connectivity index (χ4v) is 3.70. The summed E-state index contributed by atoms with van der Waals surface area (Å²) in [6, 6.07) is 8.52. The number of ether oxygens (including phenoxy) is 2. The Balaban J connectivity index is 2.15. The van der Waals surface area contributed by atoms with Crippen molar-refractivity contribution in [1.82, 2.24) is 4.72 Å². The Morgan fingerprint density at radius 1 is 1.20 bits per heavy atom. The second kappa shape index (κ2) is 6.25. The average molecular weight is 313 g/mol. The summed E-state index contributed by atoms with van der Waals surface area (Å²) in [5.41, 5.74) is 0.744. The van der Waals surface area contributed by atoms with Crippen molar-refractivity contribution in [2.45, 2.75) is 10.8 Å². The summed E-state index contributed by atoms with van der Waals surface area (Å²) < 4.78 is 37.2. The largest absolute Gasteiger partial charge is 0.497 e. The van der Waals surface area contributed by atoms with Gasteiger partial charge in [-0.2, -0.15) is 0 Å². The molecule has 0 atom stereocenters. The highest BCUT2D eigenvalue weighted by Crippen LogP contribution is 2.25. The molecule has 0 aliphatic heterocycles. The molecular weight excluding hydrogens is 298 g/mol. The zero-order chi connectivity index (χ0) is 14.6. The quantitative estimate of drug-likeness (QED) is 0.888. The van der Waals surface area contributed by atoms with Crippen LogP contribution < -0.4 is 14.2 Å². The van der Waals surface area contributed by atoms with Gasteiger partial charge in [0.1, 0.15) is 15.7 Å². The van der Waals surface area contributed by atoms with E-state index < -0.39 is 10.0 Å². The third-order valence-corrected chi connectivity index (χ3v) is 5.51. The lowest BCUT2D eigenvalue weighted by atomic mass is 10.2. The molecule has 2 aromatic rings. The van der Waals surface area contributed by atoms with Gasteiger partial charge in [0.15, 0.2) is 0 Å². The molecule has 1 aromatic carbocycles. The number of hydrogen-bond donors (Lipinski definition) is 1. The Bertz CT molecular complexity index is 666. The third-order valence-electron chi connectivity index (χ3n) is 2.71. The maximum Gasteiger partial charge on any atom is 0.250 e. The minimum absolute atomic E-state index is 0.160. The van der Waals surface area contributed by atoms with E-state index in [0.717, 1.165) is 5.56 Å². The SMILES string of the molecule is COc1ccc(CNS(=O)(=O)c2cccs2)c(OC)c1. The van der Waals surface area contributed by atoms with Crippen LogP contribution in [-0.4, -0.2) is 22.6 Å². The molecule has 108 valence electrons. The highest BCUT2D eigenvalue weighted by atomic mass is 32.2. The second-order valence-electron chi connectivity index (χ2n) is 3.93. The molecule has 7 heteroatoms. The molecule has 0 aliphatic rings. The first-order chi connectivity index (χ1) is 9.56. The summed E-state index contributed by atoms with van der Waals surface area (Å²) in [5.74, 6) is 1.24. The molecule has 1 aromatic heterocycles. The third kappa shape index (κ3) is 3.30. The monoisotopic (exact) mass is 313 g/mol. The minimum Gasteiger partial charge on any atom is -0.497 e. The smallest absolute Gasteiger partial charge is 0.250 e. The molecule has 1 heterocycles. The number of methoxy groups -OCH3 is 2. The number of hydrogen-bond acceptors (Lipinski definition) is 5. The second-order valence-corrected chi connectivity index (χ2v) is 6.88. The molecule has 0 bridgehead atoms. The maximum absolute atomic E-state index is 12.0. The molecule has 1 N–H and O–H groups in total. The molecule has 20 heavy (non-hydrogen) atoms. The van der Waals surface area contributed by atoms with Crippen molar-refractivity contribution < 1.29 is 17.9 Å². The number of thiophene rings is 1. The van der Waals surface area contributed by atoms with Crippen molar-refractivity contribution in [1.29, 1.82) is 0 Å². The molecule has 0 radical (unpaired) electrons. The molecule has 0 amide bonds. The number of sulfonamides is 1. The lowest BCUT2D eigenvalue weighted by Gasteiger charge is -2.11. The summed E-state index contributed by atoms with van der Waals surface area (Å²) in [4.78, 5) is 0. The van der Waals surface area contributed by atoms with Crippen LogP contribution in [0.2, 0.25) is 0 Å². The zero-order valence-corrected chi connectivity index (χ0v) is 12.8. The number of rotatable bonds is 6. The van der Waals surface area contributed by atoms with Crippen molar-refractivity contribution in [2.24, 2.45) is 0 Å². The Hall–Kier alpha value is -1.57. The van der Waals surface area contributed by atoms with Crippen molar-refractivity contribution >= 4 is 21.4 Å². The normalized spacial score (nSPS) is 11.3. The summed E-state index contributed by atoms with van der Waals surface area (Å²) in [5, 5.41) is 1.72. The lowest BCUT2D eigenvalue weighted by molar-refractivity contribution is 0.390. The molecule has 2 rings (SSSR count). The fraction of sp³-hybridized carbons (Fsp3) is 0.231. The first-order valence-corrected chi connectivity index (χ1v) is 8.17. The van der Waals surface area contributed by atoms with Crippen LogP contribution in [0, 0.1) is 0 Å². The van der Waals surface area contributed by atoms with E-state index in [4.69, 9.17) is 9.47 Å². The molecule has 0 unspecified atom stereocenters. The molecule has 0 aliphatic carbocycles. The predicted molar refractivity (Wildman–Crippen MR) is 77.9 cm³/mol. The molecule has 0 fully saturated rings. The van der Waals surface area contributed by atoms with Gasteiger partial charge in [-0.25, -0.2) is 13.1 Å². The number of nitrogens with one attached hydrogen (secondary N) is 1. The number of benzene rings is 1. The molecule has 0 saturated heterocycles. The van der Waals surface area contributed by atoms with Crippen LogP contribution in [0.15, 0.2) is 39.9 Å². The van der Waals surface area contributed by atoms with E-state index >= 15 is 0 Å². The highest BCUT2D eigenvalue weighted by molar-refractivity contribution is 7.91. The molecule has 5 nitrogen and oxygen atoms in total. The fourth-order valence-electron chi connectivity index (χ4n) is 1.66. The van der Waals surface area contributed by atoms with Crippen LogP contribution in [0.3, 0.4) is 0 Å². The Morgan fingerprint density at radius 2 is 2.00 bits per heavy atom. The van der Waals surface area contributed by atoms with Crippen LogP contribution in [0.4, 0.5) is 0 Å². The summed E-state index contributed by atoms with van der Waals surface area (Å²) in [6.45, 7) is 0.160. The molecule has 0 saturated carbocycles. The molecule has 0 spiro atoms. The standard InChI is InChI=1S/C13H15NO4S2/c1-17-11-6-5-10(12(8-11)18-2)9-14-20(15,16)13-4-3-7-19-13/h3-8,14H,9H2,1-2H3. The van der Waals surface area contributed by atoms with E-state index in [1.165, 1.54) is 18.4 Å². The first-order valence-electron chi connectivity index (χ1n) is 5.81. The summed E-state index contributed by atoms with van der Waals surface area (Å²) >= 11 is 1.18. The van der Waals surface area contributed by atoms with Gasteiger partial charge in [-0.3, -0.25) is 0 Å². The van der Waals surface area contributed by atoms with E-state index in [1.807, 2.05) is 0 Å². The topological polar surface area (TPSA) is 64.6 Å². The van der Waals surface area contributed by atoms with Gasteiger partial charge < -0.3 is 9.47 Å². The van der Waals surface area contributed by atoms with Crippen LogP contribution >= 0.6 is 11.3 Å². The summed E-state index contributed by atoms with van der Waals surface area (Å²) in [6.07, 6.45) is 0. The van der Waals surface area contributed by atoms with Gasteiger partial charge in [-0.15, -0.1) is 11.3 Å². The van der Waals surface area contributed by atoms with Crippen molar-refractivity contribution in [3.05, 3.63) is 41.3 Å². The van der Waals surface area contributed by atoms with Crippen LogP contribution in [0.5, 0.6) is 11.5 Å². The van der Waals surface area contributed by atoms with Gasteiger partial charge in [0.25, 0.3) is 0 Å².